The first-order chi connectivity index (χ1) is 10.1. The standard InChI is InChI=1S/C14H20FN3O3/c15-14(9-19)5-11(6-14)13(20)17-12-1-3-16-18(12)7-10-2-4-21-8-10/h1,3,10-11,19H,2,4-9H2,(H,17,20). The van der Waals surface area contributed by atoms with Crippen molar-refractivity contribution in [3.63, 3.8) is 0 Å². The smallest absolute Gasteiger partial charge is 0.228 e. The second-order valence-corrected chi connectivity index (χ2v) is 6.03. The monoisotopic (exact) mass is 297 g/mol. The number of amides is 1. The first-order valence-electron chi connectivity index (χ1n) is 7.30. The first kappa shape index (κ1) is 14.5. The van der Waals surface area contributed by atoms with Crippen LogP contribution in [-0.2, 0) is 16.1 Å². The van der Waals surface area contributed by atoms with E-state index >= 15 is 0 Å². The van der Waals surface area contributed by atoms with Crippen LogP contribution in [0.2, 0.25) is 0 Å². The molecule has 7 heteroatoms. The Morgan fingerprint density at radius 2 is 2.43 bits per heavy atom. The molecule has 1 unspecified atom stereocenters. The lowest BCUT2D eigenvalue weighted by Gasteiger charge is -2.38. The highest BCUT2D eigenvalue weighted by Crippen LogP contribution is 2.41. The van der Waals surface area contributed by atoms with Gasteiger partial charge in [0.05, 0.1) is 19.4 Å². The van der Waals surface area contributed by atoms with E-state index in [-0.39, 0.29) is 24.7 Å². The summed E-state index contributed by atoms with van der Waals surface area (Å²) in [4.78, 5) is 12.1. The summed E-state index contributed by atoms with van der Waals surface area (Å²) >= 11 is 0. The Labute approximate surface area is 122 Å². The number of nitrogens with zero attached hydrogens (tertiary/aromatic N) is 2. The number of aliphatic hydroxyl groups excluding tert-OH is 1. The van der Waals surface area contributed by atoms with Crippen molar-refractivity contribution in [2.24, 2.45) is 11.8 Å². The van der Waals surface area contributed by atoms with Crippen molar-refractivity contribution in [1.29, 1.82) is 0 Å². The Balaban J connectivity index is 1.56. The van der Waals surface area contributed by atoms with Crippen molar-refractivity contribution in [3.8, 4) is 0 Å². The average Bonchev–Trinajstić information content (AvgIpc) is 3.08. The van der Waals surface area contributed by atoms with Crippen LogP contribution in [0.4, 0.5) is 10.2 Å². The maximum absolute atomic E-state index is 13.6. The summed E-state index contributed by atoms with van der Waals surface area (Å²) in [7, 11) is 0. The van der Waals surface area contributed by atoms with Gasteiger partial charge in [0.25, 0.3) is 0 Å². The van der Waals surface area contributed by atoms with Crippen LogP contribution in [-0.4, -0.2) is 46.3 Å². The number of rotatable bonds is 5. The molecule has 0 spiro atoms. The molecule has 0 aromatic carbocycles. The summed E-state index contributed by atoms with van der Waals surface area (Å²) in [5.74, 6) is 0.464. The number of nitrogens with one attached hydrogen (secondary N) is 1. The Hall–Kier alpha value is -1.47. The third kappa shape index (κ3) is 3.08. The number of carbonyl (C=O) groups is 1. The topological polar surface area (TPSA) is 76.4 Å². The number of anilines is 1. The molecule has 116 valence electrons. The lowest BCUT2D eigenvalue weighted by molar-refractivity contribution is -0.131. The van der Waals surface area contributed by atoms with E-state index in [1.165, 1.54) is 0 Å². The molecule has 2 heterocycles. The first-order valence-corrected chi connectivity index (χ1v) is 7.30. The summed E-state index contributed by atoms with van der Waals surface area (Å²) in [6.45, 7) is 1.68. The highest BCUT2D eigenvalue weighted by molar-refractivity contribution is 5.92. The number of aromatic nitrogens is 2. The zero-order valence-corrected chi connectivity index (χ0v) is 11.8. The number of aliphatic hydroxyl groups is 1. The van der Waals surface area contributed by atoms with Crippen LogP contribution in [0.1, 0.15) is 19.3 Å². The number of hydrogen-bond acceptors (Lipinski definition) is 4. The van der Waals surface area contributed by atoms with Crippen molar-refractivity contribution in [2.45, 2.75) is 31.5 Å². The van der Waals surface area contributed by atoms with Gasteiger partial charge in [0.1, 0.15) is 11.5 Å². The molecule has 1 saturated heterocycles. The summed E-state index contributed by atoms with van der Waals surface area (Å²) in [5, 5.41) is 15.9. The highest BCUT2D eigenvalue weighted by atomic mass is 19.1. The van der Waals surface area contributed by atoms with Gasteiger partial charge in [-0.2, -0.15) is 5.10 Å². The molecule has 1 aliphatic heterocycles. The fourth-order valence-corrected chi connectivity index (χ4v) is 2.92. The van der Waals surface area contributed by atoms with Crippen LogP contribution >= 0.6 is 0 Å². The molecule has 2 fully saturated rings. The van der Waals surface area contributed by atoms with E-state index in [1.807, 2.05) is 0 Å². The molecule has 1 saturated carbocycles. The number of alkyl halides is 1. The van der Waals surface area contributed by atoms with Crippen molar-refractivity contribution in [1.82, 2.24) is 9.78 Å². The van der Waals surface area contributed by atoms with Crippen molar-refractivity contribution >= 4 is 11.7 Å². The number of carbonyl (C=O) groups excluding carboxylic acids is 1. The van der Waals surface area contributed by atoms with E-state index in [1.54, 1.807) is 16.9 Å². The molecule has 3 rings (SSSR count). The molecule has 0 radical (unpaired) electrons. The van der Waals surface area contributed by atoms with E-state index in [4.69, 9.17) is 9.84 Å². The average molecular weight is 297 g/mol. The number of ether oxygens (including phenoxy) is 1. The van der Waals surface area contributed by atoms with Crippen LogP contribution in [0.25, 0.3) is 0 Å². The predicted molar refractivity (Wildman–Crippen MR) is 73.4 cm³/mol. The van der Waals surface area contributed by atoms with Crippen LogP contribution in [0.5, 0.6) is 0 Å². The normalized spacial score (nSPS) is 31.9. The zero-order chi connectivity index (χ0) is 14.9. The Morgan fingerprint density at radius 1 is 1.62 bits per heavy atom. The van der Waals surface area contributed by atoms with E-state index < -0.39 is 12.3 Å². The van der Waals surface area contributed by atoms with E-state index in [0.29, 0.717) is 18.3 Å². The van der Waals surface area contributed by atoms with Gasteiger partial charge in [0.15, 0.2) is 0 Å². The predicted octanol–water partition coefficient (Wildman–Crippen LogP) is 0.969. The molecule has 21 heavy (non-hydrogen) atoms. The summed E-state index contributed by atoms with van der Waals surface area (Å²) in [5.41, 5.74) is -1.58. The SMILES string of the molecule is O=C(Nc1ccnn1CC1CCOC1)C1CC(F)(CO)C1. The van der Waals surface area contributed by atoms with E-state index in [0.717, 1.165) is 19.6 Å². The van der Waals surface area contributed by atoms with Gasteiger partial charge in [-0.1, -0.05) is 0 Å². The summed E-state index contributed by atoms with van der Waals surface area (Å²) < 4.78 is 20.7. The molecule has 6 nitrogen and oxygen atoms in total. The van der Waals surface area contributed by atoms with Gasteiger partial charge in [-0.25, -0.2) is 9.07 Å². The van der Waals surface area contributed by atoms with E-state index in [2.05, 4.69) is 10.4 Å². The Kier molecular flexibility index (Phi) is 3.95. The van der Waals surface area contributed by atoms with Crippen LogP contribution < -0.4 is 5.32 Å². The Bertz CT molecular complexity index is 507. The summed E-state index contributed by atoms with van der Waals surface area (Å²) in [6.07, 6.45) is 2.80. The van der Waals surface area contributed by atoms with Gasteiger partial charge in [0, 0.05) is 31.1 Å². The van der Waals surface area contributed by atoms with Crippen LogP contribution in [0.15, 0.2) is 12.3 Å². The highest BCUT2D eigenvalue weighted by Gasteiger charge is 2.47. The van der Waals surface area contributed by atoms with Crippen LogP contribution in [0.3, 0.4) is 0 Å². The molecule has 2 aliphatic rings. The second kappa shape index (κ2) is 5.73. The minimum absolute atomic E-state index is 0.0833. The minimum Gasteiger partial charge on any atom is -0.393 e. The van der Waals surface area contributed by atoms with Crippen molar-refractivity contribution < 1.29 is 19.0 Å². The largest absolute Gasteiger partial charge is 0.393 e. The molecule has 1 aromatic heterocycles. The fourth-order valence-electron chi connectivity index (χ4n) is 2.92. The molecule has 0 bridgehead atoms. The zero-order valence-electron chi connectivity index (χ0n) is 11.8. The molecule has 1 amide bonds. The molecule has 1 aliphatic carbocycles. The second-order valence-electron chi connectivity index (χ2n) is 6.03. The third-order valence-corrected chi connectivity index (χ3v) is 4.30. The molecular formula is C14H20FN3O3. The van der Waals surface area contributed by atoms with Crippen molar-refractivity contribution in [2.75, 3.05) is 25.1 Å². The van der Waals surface area contributed by atoms with E-state index in [9.17, 15) is 9.18 Å². The van der Waals surface area contributed by atoms with Crippen LogP contribution in [0, 0.1) is 11.8 Å². The Morgan fingerprint density at radius 3 is 3.10 bits per heavy atom. The maximum Gasteiger partial charge on any atom is 0.228 e. The number of halogens is 1. The summed E-state index contributed by atoms with van der Waals surface area (Å²) in [6, 6.07) is 1.74. The molecule has 1 atom stereocenters. The third-order valence-electron chi connectivity index (χ3n) is 4.30. The maximum atomic E-state index is 13.6. The van der Waals surface area contributed by atoms with Crippen molar-refractivity contribution in [3.05, 3.63) is 12.3 Å². The molecule has 2 N–H and O–H groups in total. The minimum atomic E-state index is -1.58. The fraction of sp³-hybridized carbons (Fsp3) is 0.714. The van der Waals surface area contributed by atoms with Gasteiger partial charge in [-0.3, -0.25) is 4.79 Å². The lowest BCUT2D eigenvalue weighted by Crippen LogP contribution is -2.47. The van der Waals surface area contributed by atoms with Gasteiger partial charge >= 0.3 is 0 Å². The van der Waals surface area contributed by atoms with Gasteiger partial charge in [-0.05, 0) is 19.3 Å². The quantitative estimate of drug-likeness (QED) is 0.849. The lowest BCUT2D eigenvalue weighted by atomic mass is 9.72. The molecular weight excluding hydrogens is 277 g/mol. The van der Waals surface area contributed by atoms with Gasteiger partial charge in [-0.15, -0.1) is 0 Å². The number of hydrogen-bond donors (Lipinski definition) is 2. The molecule has 1 aromatic rings. The van der Waals surface area contributed by atoms with Gasteiger partial charge in [0.2, 0.25) is 5.91 Å². The van der Waals surface area contributed by atoms with Gasteiger partial charge < -0.3 is 15.2 Å².